The number of nitrogen functional groups attached to an aromatic ring is 1. The van der Waals surface area contributed by atoms with E-state index in [-0.39, 0.29) is 11.3 Å². The molecule has 25 heavy (non-hydrogen) atoms. The first kappa shape index (κ1) is 17.3. The number of rotatable bonds is 3. The molecule has 0 radical (unpaired) electrons. The fourth-order valence-electron chi connectivity index (χ4n) is 3.20. The lowest BCUT2D eigenvalue weighted by Crippen LogP contribution is -2.21. The number of hydrogen-bond acceptors (Lipinski definition) is 3. The van der Waals surface area contributed by atoms with Crippen molar-refractivity contribution in [3.8, 4) is 0 Å². The third kappa shape index (κ3) is 3.95. The van der Waals surface area contributed by atoms with Crippen LogP contribution in [0, 0.1) is 0 Å². The number of nitrogens with one attached hydrogen (secondary N) is 1. The van der Waals surface area contributed by atoms with E-state index in [1.807, 2.05) is 42.5 Å². The zero-order valence-corrected chi connectivity index (χ0v) is 15.3. The Morgan fingerprint density at radius 1 is 1.04 bits per heavy atom. The number of carbonyl (C=O) groups is 1. The fourth-order valence-corrected chi connectivity index (χ4v) is 3.20. The highest BCUT2D eigenvalue weighted by Gasteiger charge is 2.18. The quantitative estimate of drug-likeness (QED) is 0.815. The predicted molar refractivity (Wildman–Crippen MR) is 105 cm³/mol. The largest absolute Gasteiger partial charge is 0.399 e. The van der Waals surface area contributed by atoms with E-state index < -0.39 is 0 Å². The van der Waals surface area contributed by atoms with E-state index in [1.165, 1.54) is 18.4 Å². The molecule has 0 saturated carbocycles. The molecule has 0 aliphatic carbocycles. The molecule has 0 unspecified atom stereocenters. The normalized spacial score (nSPS) is 14.6. The molecule has 3 N–H and O–H groups in total. The lowest BCUT2D eigenvalue weighted by atomic mass is 9.87. The van der Waals surface area contributed by atoms with Crippen LogP contribution in [-0.4, -0.2) is 19.0 Å². The predicted octanol–water partition coefficient (Wildman–Crippen LogP) is 4.42. The molecule has 3 rings (SSSR count). The minimum absolute atomic E-state index is 0.0752. The molecule has 0 bridgehead atoms. The first-order valence-electron chi connectivity index (χ1n) is 8.91. The summed E-state index contributed by atoms with van der Waals surface area (Å²) in [5, 5.41) is 3.04. The zero-order valence-electron chi connectivity index (χ0n) is 15.3. The lowest BCUT2D eigenvalue weighted by Gasteiger charge is -2.22. The first-order chi connectivity index (χ1) is 11.8. The van der Waals surface area contributed by atoms with Gasteiger partial charge in [0.2, 0.25) is 0 Å². The maximum atomic E-state index is 12.7. The highest BCUT2D eigenvalue weighted by Crippen LogP contribution is 2.31. The van der Waals surface area contributed by atoms with Gasteiger partial charge >= 0.3 is 0 Å². The Kier molecular flexibility index (Phi) is 4.71. The molecule has 0 atom stereocenters. The van der Waals surface area contributed by atoms with Gasteiger partial charge in [0, 0.05) is 24.3 Å². The average molecular weight is 337 g/mol. The second kappa shape index (κ2) is 6.79. The number of nitrogens with zero attached hydrogens (tertiary/aromatic N) is 1. The molecule has 2 aromatic rings. The molecule has 0 aromatic heterocycles. The van der Waals surface area contributed by atoms with Gasteiger partial charge in [-0.3, -0.25) is 4.79 Å². The van der Waals surface area contributed by atoms with Gasteiger partial charge in [-0.25, -0.2) is 0 Å². The third-order valence-electron chi connectivity index (χ3n) is 4.73. The highest BCUT2D eigenvalue weighted by molar-refractivity contribution is 6.06. The Balaban J connectivity index is 1.82. The fraction of sp³-hybridized carbons (Fsp3) is 0.381. The van der Waals surface area contributed by atoms with E-state index in [1.54, 1.807) is 0 Å². The average Bonchev–Trinajstić information content (AvgIpc) is 3.08. The Morgan fingerprint density at radius 3 is 2.28 bits per heavy atom. The lowest BCUT2D eigenvalue weighted by molar-refractivity contribution is 0.102. The Hall–Kier alpha value is -2.49. The minimum Gasteiger partial charge on any atom is -0.399 e. The summed E-state index contributed by atoms with van der Waals surface area (Å²) >= 11 is 0. The van der Waals surface area contributed by atoms with Crippen molar-refractivity contribution < 1.29 is 4.79 Å². The van der Waals surface area contributed by atoms with E-state index in [2.05, 4.69) is 31.0 Å². The number of anilines is 3. The molecule has 2 aromatic carbocycles. The molecule has 1 fully saturated rings. The molecule has 1 amide bonds. The van der Waals surface area contributed by atoms with Crippen molar-refractivity contribution in [2.75, 3.05) is 29.0 Å². The molecule has 1 heterocycles. The molecular formula is C21H27N3O. The van der Waals surface area contributed by atoms with Crippen molar-refractivity contribution in [3.05, 3.63) is 53.6 Å². The monoisotopic (exact) mass is 337 g/mol. The number of amides is 1. The standard InChI is InChI=1S/C21H27N3O/c1-21(2,3)16-8-6-15(7-9-16)20(25)23-18-14-17(22)10-11-19(18)24-12-4-5-13-24/h6-11,14H,4-5,12-13,22H2,1-3H3,(H,23,25). The Morgan fingerprint density at radius 2 is 1.68 bits per heavy atom. The van der Waals surface area contributed by atoms with Gasteiger partial charge in [0.05, 0.1) is 11.4 Å². The van der Waals surface area contributed by atoms with E-state index in [0.29, 0.717) is 11.3 Å². The zero-order chi connectivity index (χ0) is 18.0. The number of carbonyl (C=O) groups excluding carboxylic acids is 1. The SMILES string of the molecule is CC(C)(C)c1ccc(C(=O)Nc2cc(N)ccc2N2CCCC2)cc1. The van der Waals surface area contributed by atoms with Crippen LogP contribution < -0.4 is 16.0 Å². The van der Waals surface area contributed by atoms with Crippen molar-refractivity contribution in [1.82, 2.24) is 0 Å². The van der Waals surface area contributed by atoms with Gasteiger partial charge in [-0.05, 0) is 54.2 Å². The van der Waals surface area contributed by atoms with Crippen LogP contribution in [0.2, 0.25) is 0 Å². The van der Waals surface area contributed by atoms with Crippen molar-refractivity contribution in [1.29, 1.82) is 0 Å². The van der Waals surface area contributed by atoms with Gasteiger partial charge in [-0.2, -0.15) is 0 Å². The molecular weight excluding hydrogens is 310 g/mol. The van der Waals surface area contributed by atoms with Gasteiger partial charge in [0.15, 0.2) is 0 Å². The number of benzene rings is 2. The summed E-state index contributed by atoms with van der Waals surface area (Å²) < 4.78 is 0. The van der Waals surface area contributed by atoms with Gasteiger partial charge in [-0.1, -0.05) is 32.9 Å². The molecule has 0 spiro atoms. The van der Waals surface area contributed by atoms with Crippen LogP contribution in [0.25, 0.3) is 0 Å². The van der Waals surface area contributed by atoms with Gasteiger partial charge in [0.25, 0.3) is 5.91 Å². The van der Waals surface area contributed by atoms with Crippen LogP contribution in [-0.2, 0) is 5.41 Å². The topological polar surface area (TPSA) is 58.4 Å². The van der Waals surface area contributed by atoms with Crippen molar-refractivity contribution in [2.24, 2.45) is 0 Å². The van der Waals surface area contributed by atoms with Crippen LogP contribution in [0.15, 0.2) is 42.5 Å². The van der Waals surface area contributed by atoms with Crippen LogP contribution >= 0.6 is 0 Å². The van der Waals surface area contributed by atoms with Crippen LogP contribution in [0.1, 0.15) is 49.5 Å². The molecule has 1 aliphatic heterocycles. The summed E-state index contributed by atoms with van der Waals surface area (Å²) in [7, 11) is 0. The minimum atomic E-state index is -0.105. The third-order valence-corrected chi connectivity index (χ3v) is 4.73. The summed E-state index contributed by atoms with van der Waals surface area (Å²) in [5.74, 6) is -0.105. The van der Waals surface area contributed by atoms with Crippen molar-refractivity contribution >= 4 is 23.0 Å². The Bertz CT molecular complexity index is 754. The molecule has 132 valence electrons. The van der Waals surface area contributed by atoms with E-state index in [9.17, 15) is 4.79 Å². The highest BCUT2D eigenvalue weighted by atomic mass is 16.1. The van der Waals surface area contributed by atoms with Crippen molar-refractivity contribution in [2.45, 2.75) is 39.0 Å². The maximum absolute atomic E-state index is 12.7. The van der Waals surface area contributed by atoms with E-state index in [4.69, 9.17) is 5.73 Å². The van der Waals surface area contributed by atoms with Crippen LogP contribution in [0.5, 0.6) is 0 Å². The van der Waals surface area contributed by atoms with Crippen molar-refractivity contribution in [3.63, 3.8) is 0 Å². The molecule has 1 aliphatic rings. The van der Waals surface area contributed by atoms with E-state index >= 15 is 0 Å². The maximum Gasteiger partial charge on any atom is 0.255 e. The van der Waals surface area contributed by atoms with Crippen LogP contribution in [0.3, 0.4) is 0 Å². The van der Waals surface area contributed by atoms with E-state index in [0.717, 1.165) is 24.5 Å². The summed E-state index contributed by atoms with van der Waals surface area (Å²) in [6.07, 6.45) is 2.37. The summed E-state index contributed by atoms with van der Waals surface area (Å²) in [6, 6.07) is 13.6. The smallest absolute Gasteiger partial charge is 0.255 e. The number of nitrogens with two attached hydrogens (primary N) is 1. The summed E-state index contributed by atoms with van der Waals surface area (Å²) in [4.78, 5) is 15.0. The molecule has 1 saturated heterocycles. The Labute approximate surface area is 150 Å². The molecule has 4 heteroatoms. The van der Waals surface area contributed by atoms with Gasteiger partial charge in [-0.15, -0.1) is 0 Å². The second-order valence-electron chi connectivity index (χ2n) is 7.75. The summed E-state index contributed by atoms with van der Waals surface area (Å²) in [6.45, 7) is 8.53. The first-order valence-corrected chi connectivity index (χ1v) is 8.91. The van der Waals surface area contributed by atoms with Crippen LogP contribution in [0.4, 0.5) is 17.1 Å². The molecule has 4 nitrogen and oxygen atoms in total. The van der Waals surface area contributed by atoms with Gasteiger partial charge < -0.3 is 16.0 Å². The summed E-state index contributed by atoms with van der Waals surface area (Å²) in [5.41, 5.74) is 10.4. The number of hydrogen-bond donors (Lipinski definition) is 2. The second-order valence-corrected chi connectivity index (χ2v) is 7.75. The van der Waals surface area contributed by atoms with Gasteiger partial charge in [0.1, 0.15) is 0 Å².